The zero-order valence-electron chi connectivity index (χ0n) is 15.1. The molecule has 0 radical (unpaired) electrons. The maximum Gasteiger partial charge on any atom is 0.280 e. The Morgan fingerprint density at radius 2 is 1.60 bits per heavy atom. The Morgan fingerprint density at radius 1 is 1.04 bits per heavy atom. The summed E-state index contributed by atoms with van der Waals surface area (Å²) in [5.41, 5.74) is 1.04. The molecule has 7 heteroatoms. The van der Waals surface area contributed by atoms with Crippen molar-refractivity contribution in [2.24, 2.45) is 0 Å². The molecular formula is C18H28N3O3S+. The molecule has 6 nitrogen and oxygen atoms in total. The van der Waals surface area contributed by atoms with Crippen LogP contribution in [0.2, 0.25) is 0 Å². The zero-order valence-corrected chi connectivity index (χ0v) is 15.9. The smallest absolute Gasteiger partial charge is 0.280 e. The molecule has 0 aliphatic carbocycles. The van der Waals surface area contributed by atoms with Gasteiger partial charge in [-0.15, -0.1) is 0 Å². The highest BCUT2D eigenvalue weighted by Gasteiger charge is 2.36. The van der Waals surface area contributed by atoms with Gasteiger partial charge in [0.1, 0.15) is 0 Å². The Balaban J connectivity index is 1.61. The minimum atomic E-state index is -3.44. The van der Waals surface area contributed by atoms with Crippen molar-refractivity contribution < 1.29 is 18.1 Å². The van der Waals surface area contributed by atoms with Crippen molar-refractivity contribution in [1.29, 1.82) is 0 Å². The van der Waals surface area contributed by atoms with E-state index in [2.05, 4.69) is 0 Å². The van der Waals surface area contributed by atoms with Gasteiger partial charge in [0.15, 0.2) is 6.04 Å². The quantitative estimate of drug-likeness (QED) is 0.809. The normalized spacial score (nSPS) is 21.4. The zero-order chi connectivity index (χ0) is 18.0. The van der Waals surface area contributed by atoms with Crippen LogP contribution in [0, 0.1) is 6.92 Å². The fraction of sp³-hybridized carbons (Fsp3) is 0.611. The summed E-state index contributed by atoms with van der Waals surface area (Å²) in [7, 11) is -3.44. The Morgan fingerprint density at radius 3 is 2.16 bits per heavy atom. The number of benzene rings is 1. The second-order valence-electron chi connectivity index (χ2n) is 7.13. The maximum absolute atomic E-state index is 12.8. The minimum Gasteiger partial charge on any atom is -0.338 e. The van der Waals surface area contributed by atoms with E-state index in [9.17, 15) is 13.2 Å². The maximum atomic E-state index is 12.8. The summed E-state index contributed by atoms with van der Waals surface area (Å²) in [6.45, 7) is 7.91. The summed E-state index contributed by atoms with van der Waals surface area (Å²) in [4.78, 5) is 16.0. The van der Waals surface area contributed by atoms with Gasteiger partial charge in [-0.2, -0.15) is 4.31 Å². The highest BCUT2D eigenvalue weighted by atomic mass is 32.2. The van der Waals surface area contributed by atoms with Crippen LogP contribution in [0.15, 0.2) is 29.2 Å². The van der Waals surface area contributed by atoms with Crippen LogP contribution in [-0.4, -0.2) is 68.8 Å². The second-order valence-corrected chi connectivity index (χ2v) is 9.07. The van der Waals surface area contributed by atoms with Gasteiger partial charge < -0.3 is 9.80 Å². The summed E-state index contributed by atoms with van der Waals surface area (Å²) in [5.74, 6) is 0.211. The predicted octanol–water partition coefficient (Wildman–Crippen LogP) is -0.105. The molecule has 1 N–H and O–H groups in total. The van der Waals surface area contributed by atoms with Crippen LogP contribution in [0.5, 0.6) is 0 Å². The van der Waals surface area contributed by atoms with E-state index in [1.165, 1.54) is 4.90 Å². The van der Waals surface area contributed by atoms with E-state index >= 15 is 0 Å². The largest absolute Gasteiger partial charge is 0.338 e. The molecule has 2 fully saturated rings. The molecule has 1 atom stereocenters. The number of rotatable bonds is 4. The lowest BCUT2D eigenvalue weighted by Crippen LogP contribution is -3.19. The van der Waals surface area contributed by atoms with Gasteiger partial charge in [0.25, 0.3) is 5.91 Å². The Kier molecular flexibility index (Phi) is 5.46. The van der Waals surface area contributed by atoms with E-state index in [1.807, 2.05) is 30.9 Å². The summed E-state index contributed by atoms with van der Waals surface area (Å²) < 4.78 is 27.1. The number of aryl methyl sites for hydroxylation is 1. The molecule has 1 amide bonds. The van der Waals surface area contributed by atoms with Gasteiger partial charge in [0.2, 0.25) is 10.0 Å². The topological polar surface area (TPSA) is 62.1 Å². The third-order valence-corrected chi connectivity index (χ3v) is 7.34. The third-order valence-electron chi connectivity index (χ3n) is 5.42. The standard InChI is InChI=1S/C18H27N3O3S/c1-15-5-7-17(8-6-15)25(23,24)21-13-11-19(12-14-21)16(2)18(22)20-9-3-4-10-20/h5-8,16H,3-4,9-14H2,1-2H3/p+1/t16-/m0/s1. The van der Waals surface area contributed by atoms with Crippen molar-refractivity contribution in [1.82, 2.24) is 9.21 Å². The number of carbonyl (C=O) groups is 1. The number of likely N-dealkylation sites (tertiary alicyclic amines) is 1. The molecule has 0 aromatic heterocycles. The van der Waals surface area contributed by atoms with Gasteiger partial charge in [-0.3, -0.25) is 4.79 Å². The third kappa shape index (κ3) is 3.88. The van der Waals surface area contributed by atoms with Crippen molar-refractivity contribution in [2.45, 2.75) is 37.6 Å². The number of nitrogens with one attached hydrogen (secondary N) is 1. The molecule has 25 heavy (non-hydrogen) atoms. The lowest BCUT2D eigenvalue weighted by atomic mass is 10.2. The first-order valence-electron chi connectivity index (χ1n) is 9.10. The van der Waals surface area contributed by atoms with Crippen molar-refractivity contribution in [3.8, 4) is 0 Å². The van der Waals surface area contributed by atoms with Gasteiger partial charge in [0, 0.05) is 13.1 Å². The van der Waals surface area contributed by atoms with Gasteiger partial charge in [-0.25, -0.2) is 8.42 Å². The van der Waals surface area contributed by atoms with Gasteiger partial charge in [-0.05, 0) is 38.8 Å². The minimum absolute atomic E-state index is 0.0951. The average Bonchev–Trinajstić information content (AvgIpc) is 3.15. The average molecular weight is 367 g/mol. The predicted molar refractivity (Wildman–Crippen MR) is 95.9 cm³/mol. The van der Waals surface area contributed by atoms with Crippen molar-refractivity contribution in [3.05, 3.63) is 29.8 Å². The molecule has 0 spiro atoms. The first-order chi connectivity index (χ1) is 11.9. The van der Waals surface area contributed by atoms with Crippen LogP contribution in [0.1, 0.15) is 25.3 Å². The van der Waals surface area contributed by atoms with Gasteiger partial charge >= 0.3 is 0 Å². The highest BCUT2D eigenvalue weighted by Crippen LogP contribution is 2.16. The van der Waals surface area contributed by atoms with Crippen LogP contribution >= 0.6 is 0 Å². The number of piperazine rings is 1. The monoisotopic (exact) mass is 366 g/mol. The summed E-state index contributed by atoms with van der Waals surface area (Å²) in [6.07, 6.45) is 2.19. The van der Waals surface area contributed by atoms with Crippen LogP contribution in [0.4, 0.5) is 0 Å². The molecule has 2 heterocycles. The fourth-order valence-corrected chi connectivity index (χ4v) is 5.13. The molecule has 3 rings (SSSR count). The molecule has 1 aromatic rings. The van der Waals surface area contributed by atoms with E-state index in [0.717, 1.165) is 31.5 Å². The Bertz CT molecular complexity index is 704. The number of nitrogens with zero attached hydrogens (tertiary/aromatic N) is 2. The van der Waals surface area contributed by atoms with Gasteiger partial charge in [0.05, 0.1) is 31.1 Å². The number of hydrogen-bond acceptors (Lipinski definition) is 3. The lowest BCUT2D eigenvalue weighted by Gasteiger charge is -2.35. The van der Waals surface area contributed by atoms with Crippen LogP contribution < -0.4 is 4.90 Å². The number of amides is 1. The molecule has 2 aliphatic rings. The second kappa shape index (κ2) is 7.43. The van der Waals surface area contributed by atoms with Crippen LogP contribution in [0.3, 0.4) is 0 Å². The molecule has 2 aliphatic heterocycles. The molecule has 1 aromatic carbocycles. The summed E-state index contributed by atoms with van der Waals surface area (Å²) in [5, 5.41) is 0. The number of quaternary nitrogens is 1. The molecule has 0 unspecified atom stereocenters. The highest BCUT2D eigenvalue weighted by molar-refractivity contribution is 7.89. The molecule has 0 bridgehead atoms. The lowest BCUT2D eigenvalue weighted by molar-refractivity contribution is -0.918. The van der Waals surface area contributed by atoms with E-state index in [4.69, 9.17) is 0 Å². The molecule has 0 saturated carbocycles. The first-order valence-corrected chi connectivity index (χ1v) is 10.5. The number of carbonyl (C=O) groups excluding carboxylic acids is 1. The van der Waals surface area contributed by atoms with Gasteiger partial charge in [-0.1, -0.05) is 17.7 Å². The molecule has 2 saturated heterocycles. The molecular weight excluding hydrogens is 338 g/mol. The van der Waals surface area contributed by atoms with Crippen LogP contribution in [0.25, 0.3) is 0 Å². The SMILES string of the molecule is Cc1ccc(S(=O)(=O)N2CC[NH+]([C@@H](C)C(=O)N3CCCC3)CC2)cc1. The fourth-order valence-electron chi connectivity index (χ4n) is 3.69. The first kappa shape index (κ1) is 18.4. The van der Waals surface area contributed by atoms with E-state index in [1.54, 1.807) is 16.4 Å². The van der Waals surface area contributed by atoms with Crippen molar-refractivity contribution >= 4 is 15.9 Å². The summed E-state index contributed by atoms with van der Waals surface area (Å²) in [6, 6.07) is 6.89. The van der Waals surface area contributed by atoms with E-state index < -0.39 is 10.0 Å². The van der Waals surface area contributed by atoms with E-state index in [0.29, 0.717) is 31.1 Å². The summed E-state index contributed by atoms with van der Waals surface area (Å²) >= 11 is 0. The van der Waals surface area contributed by atoms with Crippen molar-refractivity contribution in [3.63, 3.8) is 0 Å². The Labute approximate surface area is 150 Å². The van der Waals surface area contributed by atoms with Crippen LogP contribution in [-0.2, 0) is 14.8 Å². The number of hydrogen-bond donors (Lipinski definition) is 1. The van der Waals surface area contributed by atoms with E-state index in [-0.39, 0.29) is 11.9 Å². The van der Waals surface area contributed by atoms with Crippen molar-refractivity contribution in [2.75, 3.05) is 39.3 Å². The Hall–Kier alpha value is -1.44. The number of sulfonamides is 1. The molecule has 138 valence electrons.